The minimum atomic E-state index is -3.83. The van der Waals surface area contributed by atoms with Crippen molar-refractivity contribution in [2.75, 3.05) is 11.1 Å². The van der Waals surface area contributed by atoms with Crippen LogP contribution in [0.2, 0.25) is 0 Å². The van der Waals surface area contributed by atoms with E-state index in [9.17, 15) is 27.9 Å². The van der Waals surface area contributed by atoms with Crippen LogP contribution in [0.25, 0.3) is 0 Å². The van der Waals surface area contributed by atoms with Gasteiger partial charge in [0, 0.05) is 12.6 Å². The van der Waals surface area contributed by atoms with E-state index >= 15 is 0 Å². The number of hydrogen-bond acceptors (Lipinski definition) is 6. The van der Waals surface area contributed by atoms with Gasteiger partial charge in [0.05, 0.1) is 4.90 Å². The number of sulfone groups is 1. The number of carbonyl (C=O) groups is 3. The number of rotatable bonds is 6. The maximum Gasteiger partial charge on any atom is 0.339 e. The van der Waals surface area contributed by atoms with Crippen molar-refractivity contribution in [3.8, 4) is 5.75 Å². The molecule has 0 heterocycles. The van der Waals surface area contributed by atoms with Crippen LogP contribution in [0.1, 0.15) is 17.3 Å². The van der Waals surface area contributed by atoms with Gasteiger partial charge in [-0.15, -0.1) is 0 Å². The molecule has 0 spiro atoms. The largest absolute Gasteiger partial charge is 0.478 e. The van der Waals surface area contributed by atoms with Crippen LogP contribution < -0.4 is 10.1 Å². The molecule has 136 valence electrons. The molecule has 0 unspecified atom stereocenters. The van der Waals surface area contributed by atoms with Gasteiger partial charge in [-0.25, -0.2) is 13.2 Å². The normalized spacial score (nSPS) is 10.8. The summed E-state index contributed by atoms with van der Waals surface area (Å²) in [7, 11) is -3.83. The Morgan fingerprint density at radius 1 is 1.08 bits per heavy atom. The molecular weight excluding hydrogens is 362 g/mol. The molecular formula is C17H15NO7S. The molecule has 2 rings (SSSR count). The lowest BCUT2D eigenvalue weighted by molar-refractivity contribution is -0.131. The molecule has 8 nitrogen and oxygen atoms in total. The SMILES string of the molecule is CC(=O)Oc1ccc(NC(=O)CS(=O)(=O)c2ccccc2)cc1C(=O)O. The summed E-state index contributed by atoms with van der Waals surface area (Å²) in [6, 6.07) is 11.1. The number of esters is 1. The Morgan fingerprint density at radius 3 is 2.31 bits per heavy atom. The predicted octanol–water partition coefficient (Wildman–Crippen LogP) is 1.72. The van der Waals surface area contributed by atoms with E-state index < -0.39 is 33.4 Å². The van der Waals surface area contributed by atoms with Crippen LogP contribution in [0.5, 0.6) is 5.75 Å². The van der Waals surface area contributed by atoms with E-state index in [2.05, 4.69) is 5.32 Å². The summed E-state index contributed by atoms with van der Waals surface area (Å²) in [5.41, 5.74) is -0.282. The van der Waals surface area contributed by atoms with E-state index in [-0.39, 0.29) is 21.9 Å². The molecule has 26 heavy (non-hydrogen) atoms. The number of hydrogen-bond donors (Lipinski definition) is 2. The van der Waals surface area contributed by atoms with Gasteiger partial charge in [0.15, 0.2) is 9.84 Å². The molecule has 2 aromatic carbocycles. The van der Waals surface area contributed by atoms with Crippen LogP contribution in [-0.2, 0) is 19.4 Å². The number of carbonyl (C=O) groups excluding carboxylic acids is 2. The van der Waals surface area contributed by atoms with Crippen LogP contribution >= 0.6 is 0 Å². The van der Waals surface area contributed by atoms with Gasteiger partial charge in [-0.2, -0.15) is 0 Å². The second-order valence-electron chi connectivity index (χ2n) is 5.23. The number of carboxylic acids is 1. The van der Waals surface area contributed by atoms with Crippen LogP contribution in [-0.4, -0.2) is 37.1 Å². The maximum absolute atomic E-state index is 12.2. The topological polar surface area (TPSA) is 127 Å². The van der Waals surface area contributed by atoms with E-state index in [1.807, 2.05) is 0 Å². The predicted molar refractivity (Wildman–Crippen MR) is 91.8 cm³/mol. The van der Waals surface area contributed by atoms with E-state index in [4.69, 9.17) is 4.74 Å². The van der Waals surface area contributed by atoms with Crippen LogP contribution in [0.4, 0.5) is 5.69 Å². The molecule has 0 bridgehead atoms. The highest BCUT2D eigenvalue weighted by Gasteiger charge is 2.20. The number of nitrogens with one attached hydrogen (secondary N) is 1. The molecule has 0 aliphatic heterocycles. The van der Waals surface area contributed by atoms with Gasteiger partial charge in [-0.1, -0.05) is 18.2 Å². The third-order valence-electron chi connectivity index (χ3n) is 3.17. The minimum Gasteiger partial charge on any atom is -0.478 e. The standard InChI is InChI=1S/C17H15NO7S/c1-11(19)25-15-8-7-12(9-14(15)17(21)22)18-16(20)10-26(23,24)13-5-3-2-4-6-13/h2-9H,10H2,1H3,(H,18,20)(H,21,22). The van der Waals surface area contributed by atoms with Crippen molar-refractivity contribution < 1.29 is 32.6 Å². The molecule has 0 aromatic heterocycles. The molecule has 0 fully saturated rings. The number of aromatic carboxylic acids is 1. The quantitative estimate of drug-likeness (QED) is 0.579. The van der Waals surface area contributed by atoms with Gasteiger partial charge >= 0.3 is 11.9 Å². The summed E-state index contributed by atoms with van der Waals surface area (Å²) in [5, 5.41) is 11.5. The van der Waals surface area contributed by atoms with Gasteiger partial charge in [-0.05, 0) is 30.3 Å². The number of ether oxygens (including phenoxy) is 1. The highest BCUT2D eigenvalue weighted by atomic mass is 32.2. The lowest BCUT2D eigenvalue weighted by Crippen LogP contribution is -2.23. The Balaban J connectivity index is 2.17. The fourth-order valence-electron chi connectivity index (χ4n) is 2.10. The van der Waals surface area contributed by atoms with Crippen molar-refractivity contribution in [1.29, 1.82) is 0 Å². The smallest absolute Gasteiger partial charge is 0.339 e. The van der Waals surface area contributed by atoms with Crippen LogP contribution in [0, 0.1) is 0 Å². The van der Waals surface area contributed by atoms with Crippen molar-refractivity contribution in [3.05, 3.63) is 54.1 Å². The molecule has 0 atom stereocenters. The summed E-state index contributed by atoms with van der Waals surface area (Å²) in [6.07, 6.45) is 0. The molecule has 2 N–H and O–H groups in total. The highest BCUT2D eigenvalue weighted by molar-refractivity contribution is 7.92. The van der Waals surface area contributed by atoms with Crippen LogP contribution in [0.15, 0.2) is 53.4 Å². The molecule has 9 heteroatoms. The second-order valence-corrected chi connectivity index (χ2v) is 7.22. The highest BCUT2D eigenvalue weighted by Crippen LogP contribution is 2.23. The van der Waals surface area contributed by atoms with Gasteiger partial charge in [-0.3, -0.25) is 9.59 Å². The summed E-state index contributed by atoms with van der Waals surface area (Å²) in [4.78, 5) is 34.3. The summed E-state index contributed by atoms with van der Waals surface area (Å²) >= 11 is 0. The average molecular weight is 377 g/mol. The molecule has 0 saturated heterocycles. The first kappa shape index (κ1) is 19.1. The van der Waals surface area contributed by atoms with E-state index in [0.717, 1.165) is 13.0 Å². The van der Waals surface area contributed by atoms with Crippen molar-refractivity contribution >= 4 is 33.4 Å². The van der Waals surface area contributed by atoms with Crippen LogP contribution in [0.3, 0.4) is 0 Å². The Morgan fingerprint density at radius 2 is 1.73 bits per heavy atom. The first-order valence-electron chi connectivity index (χ1n) is 7.32. The Labute approximate surface area is 149 Å². The molecule has 0 saturated carbocycles. The van der Waals surface area contributed by atoms with Gasteiger partial charge in [0.1, 0.15) is 17.1 Å². The lowest BCUT2D eigenvalue weighted by atomic mass is 10.1. The maximum atomic E-state index is 12.2. The third kappa shape index (κ3) is 4.90. The molecule has 0 aliphatic rings. The summed E-state index contributed by atoms with van der Waals surface area (Å²) in [6.45, 7) is 1.12. The van der Waals surface area contributed by atoms with Crippen molar-refractivity contribution in [2.45, 2.75) is 11.8 Å². The zero-order chi connectivity index (χ0) is 19.3. The monoisotopic (exact) mass is 377 g/mol. The number of anilines is 1. The van der Waals surface area contributed by atoms with Gasteiger partial charge < -0.3 is 15.2 Å². The Bertz CT molecular complexity index is 952. The molecule has 1 amide bonds. The summed E-state index contributed by atoms with van der Waals surface area (Å²) in [5.74, 6) is -3.87. The van der Waals surface area contributed by atoms with E-state index in [1.54, 1.807) is 6.07 Å². The van der Waals surface area contributed by atoms with Crippen molar-refractivity contribution in [3.63, 3.8) is 0 Å². The Kier molecular flexibility index (Phi) is 5.73. The first-order chi connectivity index (χ1) is 12.2. The summed E-state index contributed by atoms with van der Waals surface area (Å²) < 4.78 is 29.1. The van der Waals surface area contributed by atoms with Crippen molar-refractivity contribution in [1.82, 2.24) is 0 Å². The van der Waals surface area contributed by atoms with E-state index in [0.29, 0.717) is 0 Å². The van der Waals surface area contributed by atoms with E-state index in [1.165, 1.54) is 36.4 Å². The zero-order valence-corrected chi connectivity index (χ0v) is 14.4. The molecule has 0 radical (unpaired) electrons. The zero-order valence-electron chi connectivity index (χ0n) is 13.6. The first-order valence-corrected chi connectivity index (χ1v) is 8.97. The Hall–Kier alpha value is -3.20. The fraction of sp³-hybridized carbons (Fsp3) is 0.118. The second kappa shape index (κ2) is 7.79. The fourth-order valence-corrected chi connectivity index (χ4v) is 3.26. The minimum absolute atomic E-state index is 0.00609. The number of amides is 1. The van der Waals surface area contributed by atoms with Gasteiger partial charge in [0.25, 0.3) is 0 Å². The third-order valence-corrected chi connectivity index (χ3v) is 4.80. The number of benzene rings is 2. The lowest BCUT2D eigenvalue weighted by Gasteiger charge is -2.10. The molecule has 2 aromatic rings. The molecule has 0 aliphatic carbocycles. The van der Waals surface area contributed by atoms with Gasteiger partial charge in [0.2, 0.25) is 5.91 Å². The average Bonchev–Trinajstić information content (AvgIpc) is 2.56. The van der Waals surface area contributed by atoms with Crippen molar-refractivity contribution in [2.24, 2.45) is 0 Å². The number of carboxylic acid groups (broad SMARTS) is 1.